The number of piperidine rings is 1. The van der Waals surface area contributed by atoms with Crippen LogP contribution in [0.3, 0.4) is 0 Å². The maximum atomic E-state index is 12.5. The summed E-state index contributed by atoms with van der Waals surface area (Å²) >= 11 is 0. The number of carbonyl (C=O) groups excluding carboxylic acids is 1. The van der Waals surface area contributed by atoms with Crippen LogP contribution < -0.4 is 5.32 Å². The van der Waals surface area contributed by atoms with Crippen LogP contribution >= 0.6 is 0 Å². The number of aliphatic hydroxyl groups excluding tert-OH is 1. The molecule has 1 saturated heterocycles. The number of aliphatic hydroxyl groups is 1. The molecular weight excluding hydrogens is 468 g/mol. The lowest BCUT2D eigenvalue weighted by Crippen LogP contribution is -2.41. The fraction of sp³-hybridized carbons (Fsp3) is 0.618. The number of hydrogen-bond donors (Lipinski definition) is 2. The van der Waals surface area contributed by atoms with Crippen LogP contribution in [0, 0.1) is 18.8 Å². The van der Waals surface area contributed by atoms with Crippen LogP contribution in [0.2, 0.25) is 0 Å². The molecule has 0 bridgehead atoms. The van der Waals surface area contributed by atoms with Crippen molar-refractivity contribution in [3.05, 3.63) is 71.0 Å². The van der Waals surface area contributed by atoms with Gasteiger partial charge in [0, 0.05) is 37.4 Å². The van der Waals surface area contributed by atoms with Crippen LogP contribution in [-0.4, -0.2) is 41.7 Å². The van der Waals surface area contributed by atoms with Crippen LogP contribution in [0.5, 0.6) is 0 Å². The van der Waals surface area contributed by atoms with Crippen molar-refractivity contribution in [2.75, 3.05) is 19.6 Å². The minimum atomic E-state index is -0.167. The molecule has 0 aromatic heterocycles. The van der Waals surface area contributed by atoms with Gasteiger partial charge >= 0.3 is 0 Å². The Bertz CT molecular complexity index is 885. The first-order valence-electron chi connectivity index (χ1n) is 14.9. The summed E-state index contributed by atoms with van der Waals surface area (Å²) in [6.07, 6.45) is 13.0. The van der Waals surface area contributed by atoms with E-state index in [1.807, 2.05) is 0 Å². The van der Waals surface area contributed by atoms with Gasteiger partial charge in [-0.1, -0.05) is 69.3 Å². The highest BCUT2D eigenvalue weighted by Crippen LogP contribution is 2.26. The molecule has 2 heterocycles. The molecule has 4 nitrogen and oxygen atoms in total. The van der Waals surface area contributed by atoms with Gasteiger partial charge in [-0.05, 0) is 102 Å². The summed E-state index contributed by atoms with van der Waals surface area (Å²) in [5, 5.41) is 11.5. The minimum Gasteiger partial charge on any atom is -0.394 e. The second-order valence-electron chi connectivity index (χ2n) is 11.0. The summed E-state index contributed by atoms with van der Waals surface area (Å²) in [5.74, 6) is 1.26. The van der Waals surface area contributed by atoms with Crippen molar-refractivity contribution in [2.45, 2.75) is 106 Å². The third kappa shape index (κ3) is 13.0. The molecule has 0 spiro atoms. The number of likely N-dealkylation sites (tertiary alicyclic amines) is 1. The van der Waals surface area contributed by atoms with Gasteiger partial charge in [-0.25, -0.2) is 0 Å². The first-order valence-corrected chi connectivity index (χ1v) is 14.9. The maximum Gasteiger partial charge on any atom is 0.225 e. The third-order valence-corrected chi connectivity index (χ3v) is 7.47. The Kier molecular flexibility index (Phi) is 16.7. The Morgan fingerprint density at radius 3 is 2.24 bits per heavy atom. The highest BCUT2D eigenvalue weighted by Gasteiger charge is 2.26. The average molecular weight is 525 g/mol. The fourth-order valence-corrected chi connectivity index (χ4v) is 4.98. The van der Waals surface area contributed by atoms with E-state index in [1.54, 1.807) is 13.8 Å². The van der Waals surface area contributed by atoms with Crippen LogP contribution in [0.4, 0.5) is 0 Å². The summed E-state index contributed by atoms with van der Waals surface area (Å²) in [6, 6.07) is 8.49. The lowest BCUT2D eigenvalue weighted by atomic mass is 9.89. The molecule has 2 aliphatic rings. The number of nitrogens with one attached hydrogen (secondary N) is 1. The van der Waals surface area contributed by atoms with E-state index >= 15 is 0 Å². The average Bonchev–Trinajstić information content (AvgIpc) is 2.89. The second kappa shape index (κ2) is 18.8. The standard InChI is InChI=1S/C22H36N2O.C9H12.C3H8O/c1-5-20(6-2)22(25)24-14-11-19(12-15-24)16-17(3)9-10-21-8-7-13-23-18(21)4;1-3-9-7-5-4-6-8(9)2;1-3(2)4/h9-10,19-20,23H,3,5-8,11-16H2,1-2,4H3;4-7H,3H2,1-2H3;3-4H,1-2H3/b10-9-;;. The summed E-state index contributed by atoms with van der Waals surface area (Å²) in [6.45, 7) is 21.4. The molecule has 1 aromatic rings. The first kappa shape index (κ1) is 33.7. The molecule has 2 aliphatic heterocycles. The van der Waals surface area contributed by atoms with Crippen LogP contribution in [0.15, 0.2) is 59.8 Å². The number of amides is 1. The van der Waals surface area contributed by atoms with Crippen molar-refractivity contribution in [2.24, 2.45) is 11.8 Å². The van der Waals surface area contributed by atoms with Gasteiger partial charge in [0.25, 0.3) is 0 Å². The number of benzene rings is 1. The Labute approximate surface area is 234 Å². The number of allylic oxidation sites excluding steroid dienone is 5. The van der Waals surface area contributed by atoms with Crippen molar-refractivity contribution in [1.82, 2.24) is 10.2 Å². The third-order valence-electron chi connectivity index (χ3n) is 7.47. The number of carbonyl (C=O) groups is 1. The Balaban J connectivity index is 0.000000456. The van der Waals surface area contributed by atoms with Gasteiger partial charge in [-0.2, -0.15) is 0 Å². The monoisotopic (exact) mass is 524 g/mol. The molecule has 214 valence electrons. The molecule has 4 heteroatoms. The molecular formula is C34H56N2O2. The molecule has 1 amide bonds. The topological polar surface area (TPSA) is 52.6 Å². The fourth-order valence-electron chi connectivity index (χ4n) is 4.98. The van der Waals surface area contributed by atoms with Gasteiger partial charge in [0.1, 0.15) is 0 Å². The van der Waals surface area contributed by atoms with Gasteiger partial charge in [0.2, 0.25) is 5.91 Å². The quantitative estimate of drug-likeness (QED) is 0.342. The molecule has 1 aromatic carbocycles. The van der Waals surface area contributed by atoms with Crippen molar-refractivity contribution in [1.29, 1.82) is 0 Å². The van der Waals surface area contributed by atoms with E-state index in [4.69, 9.17) is 5.11 Å². The van der Waals surface area contributed by atoms with Crippen molar-refractivity contribution in [3.8, 4) is 0 Å². The molecule has 3 rings (SSSR count). The maximum absolute atomic E-state index is 12.5. The largest absolute Gasteiger partial charge is 0.394 e. The summed E-state index contributed by atoms with van der Waals surface area (Å²) in [4.78, 5) is 14.6. The van der Waals surface area contributed by atoms with E-state index in [1.165, 1.54) is 40.8 Å². The number of nitrogens with zero attached hydrogens (tertiary/aromatic N) is 1. The van der Waals surface area contributed by atoms with Crippen LogP contribution in [0.25, 0.3) is 0 Å². The highest BCUT2D eigenvalue weighted by atomic mass is 16.3. The van der Waals surface area contributed by atoms with Crippen molar-refractivity contribution >= 4 is 5.91 Å². The Hall–Kier alpha value is -2.33. The molecule has 0 radical (unpaired) electrons. The highest BCUT2D eigenvalue weighted by molar-refractivity contribution is 5.78. The predicted octanol–water partition coefficient (Wildman–Crippen LogP) is 7.77. The lowest BCUT2D eigenvalue weighted by Gasteiger charge is -2.34. The van der Waals surface area contributed by atoms with Gasteiger partial charge in [-0.15, -0.1) is 0 Å². The zero-order valence-corrected chi connectivity index (χ0v) is 25.5. The Morgan fingerprint density at radius 2 is 1.74 bits per heavy atom. The van der Waals surface area contributed by atoms with E-state index in [0.29, 0.717) is 11.8 Å². The molecule has 38 heavy (non-hydrogen) atoms. The van der Waals surface area contributed by atoms with Crippen LogP contribution in [0.1, 0.15) is 97.6 Å². The molecule has 0 aliphatic carbocycles. The van der Waals surface area contributed by atoms with Gasteiger partial charge in [0.15, 0.2) is 0 Å². The van der Waals surface area contributed by atoms with E-state index in [9.17, 15) is 4.79 Å². The van der Waals surface area contributed by atoms with Gasteiger partial charge in [-0.3, -0.25) is 4.79 Å². The SMILES string of the molecule is C=C(/C=C\C1=C(C)NCCC1)CC1CCN(C(=O)C(CC)CC)CC1.CC(C)O.CCc1ccccc1C. The summed E-state index contributed by atoms with van der Waals surface area (Å²) in [5.41, 5.74) is 6.80. The van der Waals surface area contributed by atoms with E-state index < -0.39 is 0 Å². The Morgan fingerprint density at radius 1 is 1.13 bits per heavy atom. The molecule has 0 atom stereocenters. The lowest BCUT2D eigenvalue weighted by molar-refractivity contribution is -0.137. The van der Waals surface area contributed by atoms with Crippen molar-refractivity contribution < 1.29 is 9.90 Å². The summed E-state index contributed by atoms with van der Waals surface area (Å²) in [7, 11) is 0. The van der Waals surface area contributed by atoms with Crippen molar-refractivity contribution in [3.63, 3.8) is 0 Å². The predicted molar refractivity (Wildman–Crippen MR) is 164 cm³/mol. The molecule has 0 unspecified atom stereocenters. The van der Waals surface area contributed by atoms with Gasteiger partial charge < -0.3 is 15.3 Å². The molecule has 0 saturated carbocycles. The normalized spacial score (nSPS) is 16.1. The number of aryl methyl sites for hydroxylation is 2. The van der Waals surface area contributed by atoms with E-state index in [2.05, 4.69) is 87.8 Å². The molecule has 1 fully saturated rings. The van der Waals surface area contributed by atoms with E-state index in [0.717, 1.165) is 58.2 Å². The van der Waals surface area contributed by atoms with E-state index in [-0.39, 0.29) is 12.0 Å². The zero-order valence-electron chi connectivity index (χ0n) is 25.5. The van der Waals surface area contributed by atoms with Gasteiger partial charge in [0.05, 0.1) is 0 Å². The molecule has 2 N–H and O–H groups in total. The zero-order chi connectivity index (χ0) is 28.5. The first-order chi connectivity index (χ1) is 18.1. The minimum absolute atomic E-state index is 0.167. The number of rotatable bonds is 8. The smallest absolute Gasteiger partial charge is 0.225 e. The van der Waals surface area contributed by atoms with Crippen LogP contribution in [-0.2, 0) is 11.2 Å². The summed E-state index contributed by atoms with van der Waals surface area (Å²) < 4.78 is 0. The second-order valence-corrected chi connectivity index (χ2v) is 11.0. The number of hydrogen-bond acceptors (Lipinski definition) is 3.